The van der Waals surface area contributed by atoms with Crippen LogP contribution >= 0.6 is 0 Å². The normalized spacial score (nSPS) is 20.8. The van der Waals surface area contributed by atoms with Crippen molar-refractivity contribution in [1.29, 1.82) is 0 Å². The second kappa shape index (κ2) is 5.67. The smallest absolute Gasteiger partial charge is 0.232 e. The Morgan fingerprint density at radius 3 is 2.64 bits per heavy atom. The molecule has 22 heavy (non-hydrogen) atoms. The van der Waals surface area contributed by atoms with Crippen molar-refractivity contribution in [3.63, 3.8) is 0 Å². The van der Waals surface area contributed by atoms with Gasteiger partial charge in [0.15, 0.2) is 0 Å². The molecule has 2 N–H and O–H groups in total. The van der Waals surface area contributed by atoms with Crippen LogP contribution in [0.1, 0.15) is 37.8 Å². The first kappa shape index (κ1) is 15.5. The van der Waals surface area contributed by atoms with Crippen molar-refractivity contribution in [3.8, 4) is 0 Å². The van der Waals surface area contributed by atoms with Crippen LogP contribution in [0.5, 0.6) is 0 Å². The Balaban J connectivity index is 1.78. The average molecular weight is 302 g/mol. The summed E-state index contributed by atoms with van der Waals surface area (Å²) < 4.78 is 5.34. The number of carbonyl (C=O) groups is 1. The van der Waals surface area contributed by atoms with Gasteiger partial charge < -0.3 is 15.4 Å². The molecule has 0 radical (unpaired) electrons. The zero-order chi connectivity index (χ0) is 15.8. The van der Waals surface area contributed by atoms with E-state index < -0.39 is 5.41 Å². The third-order valence-electron chi connectivity index (χ3n) is 4.93. The van der Waals surface area contributed by atoms with E-state index in [0.29, 0.717) is 26.3 Å². The zero-order valence-corrected chi connectivity index (χ0v) is 13.6. The Hall–Kier alpha value is -1.39. The third kappa shape index (κ3) is 3.18. The Morgan fingerprint density at radius 2 is 2.00 bits per heavy atom. The summed E-state index contributed by atoms with van der Waals surface area (Å²) in [5, 5.41) is 0. The van der Waals surface area contributed by atoms with E-state index in [-0.39, 0.29) is 11.4 Å². The van der Waals surface area contributed by atoms with Crippen LogP contribution in [-0.4, -0.2) is 42.6 Å². The van der Waals surface area contributed by atoms with Crippen LogP contribution < -0.4 is 5.73 Å². The molecule has 2 aliphatic rings. The number of ether oxygens (including phenoxy) is 1. The van der Waals surface area contributed by atoms with E-state index in [1.807, 2.05) is 24.8 Å². The molecule has 1 aliphatic heterocycles. The fraction of sp³-hybridized carbons (Fsp3) is 0.611. The van der Waals surface area contributed by atoms with Crippen LogP contribution in [0.4, 0.5) is 0 Å². The molecule has 4 nitrogen and oxygen atoms in total. The Labute approximate surface area is 132 Å². The predicted octanol–water partition coefficient (Wildman–Crippen LogP) is 1.86. The summed E-state index contributed by atoms with van der Waals surface area (Å²) in [6.45, 7) is 6.68. The standard InChI is InChI=1S/C18H26N2O2/c1-17(2,16(21)20-8-10-22-11-9-20)15-5-3-4-14(12-15)13-18(19)6-7-18/h3-5,12H,6-11,13,19H2,1-2H3. The monoisotopic (exact) mass is 302 g/mol. The molecular weight excluding hydrogens is 276 g/mol. The molecule has 1 saturated carbocycles. The molecule has 0 bridgehead atoms. The molecule has 1 heterocycles. The van der Waals surface area contributed by atoms with Crippen molar-refractivity contribution in [2.75, 3.05) is 26.3 Å². The Morgan fingerprint density at radius 1 is 1.32 bits per heavy atom. The summed E-state index contributed by atoms with van der Waals surface area (Å²) in [7, 11) is 0. The highest BCUT2D eigenvalue weighted by molar-refractivity contribution is 5.87. The van der Waals surface area contributed by atoms with Gasteiger partial charge in [0.1, 0.15) is 0 Å². The first-order valence-electron chi connectivity index (χ1n) is 8.16. The molecule has 2 fully saturated rings. The van der Waals surface area contributed by atoms with Gasteiger partial charge in [0.05, 0.1) is 18.6 Å². The van der Waals surface area contributed by atoms with Gasteiger partial charge in [-0.15, -0.1) is 0 Å². The van der Waals surface area contributed by atoms with E-state index in [2.05, 4.69) is 18.2 Å². The summed E-state index contributed by atoms with van der Waals surface area (Å²) >= 11 is 0. The lowest BCUT2D eigenvalue weighted by molar-refractivity contribution is -0.140. The van der Waals surface area contributed by atoms with Gasteiger partial charge in [-0.3, -0.25) is 4.79 Å². The maximum atomic E-state index is 12.9. The molecule has 1 aromatic rings. The van der Waals surface area contributed by atoms with Crippen molar-refractivity contribution in [2.45, 2.75) is 44.1 Å². The number of hydrogen-bond acceptors (Lipinski definition) is 3. The fourth-order valence-electron chi connectivity index (χ4n) is 3.10. The summed E-state index contributed by atoms with van der Waals surface area (Å²) in [6.07, 6.45) is 3.11. The maximum absolute atomic E-state index is 12.9. The third-order valence-corrected chi connectivity index (χ3v) is 4.93. The highest BCUT2D eigenvalue weighted by Gasteiger charge is 2.39. The number of hydrogen-bond donors (Lipinski definition) is 1. The molecule has 3 rings (SSSR count). The van der Waals surface area contributed by atoms with Gasteiger partial charge >= 0.3 is 0 Å². The van der Waals surface area contributed by atoms with Crippen LogP contribution in [0.25, 0.3) is 0 Å². The molecule has 1 aromatic carbocycles. The molecule has 0 atom stereocenters. The van der Waals surface area contributed by atoms with Gasteiger partial charge in [-0.1, -0.05) is 24.3 Å². The summed E-state index contributed by atoms with van der Waals surface area (Å²) in [5.74, 6) is 0.182. The van der Waals surface area contributed by atoms with Gasteiger partial charge in [0.25, 0.3) is 0 Å². The molecule has 1 amide bonds. The van der Waals surface area contributed by atoms with Crippen molar-refractivity contribution in [2.24, 2.45) is 5.73 Å². The largest absolute Gasteiger partial charge is 0.378 e. The molecule has 0 unspecified atom stereocenters. The average Bonchev–Trinajstić information content (AvgIpc) is 3.24. The molecule has 0 spiro atoms. The summed E-state index contributed by atoms with van der Waals surface area (Å²) in [4.78, 5) is 14.8. The van der Waals surface area contributed by atoms with Gasteiger partial charge in [-0.25, -0.2) is 0 Å². The lowest BCUT2D eigenvalue weighted by Gasteiger charge is -2.34. The second-order valence-electron chi connectivity index (χ2n) is 7.27. The fourth-order valence-corrected chi connectivity index (χ4v) is 3.10. The lowest BCUT2D eigenvalue weighted by atomic mass is 9.82. The first-order chi connectivity index (χ1) is 10.4. The van der Waals surface area contributed by atoms with E-state index in [4.69, 9.17) is 10.5 Å². The van der Waals surface area contributed by atoms with Crippen molar-refractivity contribution in [3.05, 3.63) is 35.4 Å². The Bertz CT molecular complexity index is 558. The lowest BCUT2D eigenvalue weighted by Crippen LogP contribution is -2.48. The molecule has 1 aliphatic carbocycles. The van der Waals surface area contributed by atoms with Crippen LogP contribution in [-0.2, 0) is 21.4 Å². The van der Waals surface area contributed by atoms with Crippen molar-refractivity contribution in [1.82, 2.24) is 4.90 Å². The van der Waals surface area contributed by atoms with Gasteiger partial charge in [-0.05, 0) is 44.2 Å². The number of carbonyl (C=O) groups excluding carboxylic acids is 1. The minimum absolute atomic E-state index is 0.00299. The minimum atomic E-state index is -0.515. The Kier molecular flexibility index (Phi) is 4.00. The highest BCUT2D eigenvalue weighted by atomic mass is 16.5. The van der Waals surface area contributed by atoms with Crippen LogP contribution in [0.2, 0.25) is 0 Å². The summed E-state index contributed by atoms with van der Waals surface area (Å²) in [6, 6.07) is 8.37. The predicted molar refractivity (Wildman–Crippen MR) is 86.7 cm³/mol. The van der Waals surface area contributed by atoms with Crippen molar-refractivity contribution < 1.29 is 9.53 Å². The van der Waals surface area contributed by atoms with Gasteiger partial charge in [-0.2, -0.15) is 0 Å². The van der Waals surface area contributed by atoms with Gasteiger partial charge in [0.2, 0.25) is 5.91 Å². The van der Waals surface area contributed by atoms with E-state index in [1.54, 1.807) is 0 Å². The van der Waals surface area contributed by atoms with E-state index in [0.717, 1.165) is 24.8 Å². The minimum Gasteiger partial charge on any atom is -0.378 e. The SMILES string of the molecule is CC(C)(C(=O)N1CCOCC1)c1cccc(CC2(N)CC2)c1. The topological polar surface area (TPSA) is 55.6 Å². The van der Waals surface area contributed by atoms with E-state index >= 15 is 0 Å². The van der Waals surface area contributed by atoms with Crippen molar-refractivity contribution >= 4 is 5.91 Å². The maximum Gasteiger partial charge on any atom is 0.232 e. The van der Waals surface area contributed by atoms with E-state index in [9.17, 15) is 4.79 Å². The molecule has 4 heteroatoms. The van der Waals surface area contributed by atoms with Crippen LogP contribution in [0.15, 0.2) is 24.3 Å². The molecule has 0 aromatic heterocycles. The highest BCUT2D eigenvalue weighted by Crippen LogP contribution is 2.36. The van der Waals surface area contributed by atoms with Crippen LogP contribution in [0, 0.1) is 0 Å². The molecule has 1 saturated heterocycles. The molecule has 120 valence electrons. The number of nitrogens with two attached hydrogens (primary N) is 1. The number of rotatable bonds is 4. The number of morpholine rings is 1. The summed E-state index contributed by atoms with van der Waals surface area (Å²) in [5.41, 5.74) is 8.02. The van der Waals surface area contributed by atoms with Gasteiger partial charge in [0, 0.05) is 18.6 Å². The first-order valence-corrected chi connectivity index (χ1v) is 8.16. The number of nitrogens with zero attached hydrogens (tertiary/aromatic N) is 1. The van der Waals surface area contributed by atoms with Crippen LogP contribution in [0.3, 0.4) is 0 Å². The molecular formula is C18H26N2O2. The quantitative estimate of drug-likeness (QED) is 0.923. The zero-order valence-electron chi connectivity index (χ0n) is 13.6. The number of amides is 1. The van der Waals surface area contributed by atoms with E-state index in [1.165, 1.54) is 5.56 Å². The number of benzene rings is 1. The second-order valence-corrected chi connectivity index (χ2v) is 7.27.